The van der Waals surface area contributed by atoms with Crippen molar-refractivity contribution in [2.45, 2.75) is 47.0 Å². The Labute approximate surface area is 104 Å². The summed E-state index contributed by atoms with van der Waals surface area (Å²) in [5, 5.41) is 0. The molecule has 0 aliphatic carbocycles. The van der Waals surface area contributed by atoms with Gasteiger partial charge in [-0.3, -0.25) is 0 Å². The maximum Gasteiger partial charge on any atom is 0.181 e. The van der Waals surface area contributed by atoms with Crippen LogP contribution in [0.2, 0.25) is 0 Å². The second-order valence-corrected chi connectivity index (χ2v) is 5.00. The third-order valence-corrected chi connectivity index (χ3v) is 2.83. The molecule has 94 valence electrons. The highest BCUT2D eigenvalue weighted by Crippen LogP contribution is 2.23. The van der Waals surface area contributed by atoms with Crippen LogP contribution in [0.5, 0.6) is 0 Å². The van der Waals surface area contributed by atoms with Crippen LogP contribution in [0.3, 0.4) is 0 Å². The van der Waals surface area contributed by atoms with Crippen LogP contribution >= 0.6 is 0 Å². The molecule has 2 aromatic rings. The zero-order valence-corrected chi connectivity index (χ0v) is 11.5. The van der Waals surface area contributed by atoms with Crippen LogP contribution in [0.1, 0.15) is 52.5 Å². The molecule has 0 saturated heterocycles. The van der Waals surface area contributed by atoms with Crippen LogP contribution in [0.25, 0.3) is 11.1 Å². The van der Waals surface area contributed by atoms with Crippen molar-refractivity contribution < 1.29 is 4.42 Å². The molecule has 0 aliphatic heterocycles. The zero-order valence-electron chi connectivity index (χ0n) is 11.5. The standard InChI is InChI=1S/C10H11NO.C5H12/c1-7(2)8-4-3-5-9-10(8)11-6-12-9;1-4-5(2)3/h3-7H,1-2H3;5H,4H2,1-3H3. The summed E-state index contributed by atoms with van der Waals surface area (Å²) < 4.78 is 5.20. The van der Waals surface area contributed by atoms with Crippen molar-refractivity contribution >= 4 is 11.1 Å². The molecule has 0 atom stereocenters. The Hall–Kier alpha value is -1.31. The van der Waals surface area contributed by atoms with Gasteiger partial charge in [-0.05, 0) is 23.5 Å². The molecule has 0 saturated carbocycles. The van der Waals surface area contributed by atoms with Crippen LogP contribution in [0.15, 0.2) is 29.0 Å². The average Bonchev–Trinajstić information content (AvgIpc) is 2.77. The van der Waals surface area contributed by atoms with Crippen LogP contribution in [-0.2, 0) is 0 Å². The largest absolute Gasteiger partial charge is 0.443 e. The number of hydrogen-bond acceptors (Lipinski definition) is 2. The number of oxazole rings is 1. The van der Waals surface area contributed by atoms with Gasteiger partial charge in [0.25, 0.3) is 0 Å². The quantitative estimate of drug-likeness (QED) is 0.729. The molecular formula is C15H23NO. The van der Waals surface area contributed by atoms with Crippen molar-refractivity contribution in [2.24, 2.45) is 5.92 Å². The topological polar surface area (TPSA) is 26.0 Å². The van der Waals surface area contributed by atoms with Gasteiger partial charge in [-0.25, -0.2) is 4.98 Å². The molecule has 0 radical (unpaired) electrons. The van der Waals surface area contributed by atoms with Crippen molar-refractivity contribution in [3.8, 4) is 0 Å². The van der Waals surface area contributed by atoms with Gasteiger partial charge in [0, 0.05) is 0 Å². The van der Waals surface area contributed by atoms with Crippen LogP contribution < -0.4 is 0 Å². The van der Waals surface area contributed by atoms with Crippen LogP contribution in [0, 0.1) is 5.92 Å². The van der Waals surface area contributed by atoms with E-state index >= 15 is 0 Å². The maximum atomic E-state index is 5.20. The lowest BCUT2D eigenvalue weighted by Gasteiger charge is -2.03. The van der Waals surface area contributed by atoms with Gasteiger partial charge in [0.15, 0.2) is 12.0 Å². The van der Waals surface area contributed by atoms with E-state index in [1.54, 1.807) is 0 Å². The summed E-state index contributed by atoms with van der Waals surface area (Å²) >= 11 is 0. The number of fused-ring (bicyclic) bond motifs is 1. The zero-order chi connectivity index (χ0) is 12.8. The normalized spacial score (nSPS) is 10.8. The SMILES string of the molecule is CC(C)c1cccc2ocnc12.CCC(C)C. The Morgan fingerprint density at radius 3 is 2.35 bits per heavy atom. The van der Waals surface area contributed by atoms with Gasteiger partial charge in [-0.1, -0.05) is 53.2 Å². The lowest BCUT2D eigenvalue weighted by atomic mass is 10.0. The number of hydrogen-bond donors (Lipinski definition) is 0. The van der Waals surface area contributed by atoms with Gasteiger partial charge in [-0.2, -0.15) is 0 Å². The molecule has 2 nitrogen and oxygen atoms in total. The predicted molar refractivity (Wildman–Crippen MR) is 73.2 cm³/mol. The maximum absolute atomic E-state index is 5.20. The Kier molecular flexibility index (Phi) is 5.20. The molecule has 0 fully saturated rings. The van der Waals surface area contributed by atoms with Gasteiger partial charge < -0.3 is 4.42 Å². The van der Waals surface area contributed by atoms with Crippen LogP contribution in [-0.4, -0.2) is 4.98 Å². The highest BCUT2D eigenvalue weighted by molar-refractivity contribution is 5.76. The molecule has 17 heavy (non-hydrogen) atoms. The van der Waals surface area contributed by atoms with Gasteiger partial charge in [0.1, 0.15) is 5.52 Å². The summed E-state index contributed by atoms with van der Waals surface area (Å²) in [7, 11) is 0. The summed E-state index contributed by atoms with van der Waals surface area (Å²) in [4.78, 5) is 4.17. The minimum absolute atomic E-state index is 0.499. The number of rotatable bonds is 2. The summed E-state index contributed by atoms with van der Waals surface area (Å²) in [6.07, 6.45) is 2.80. The molecule has 0 amide bonds. The van der Waals surface area contributed by atoms with E-state index in [4.69, 9.17) is 4.42 Å². The summed E-state index contributed by atoms with van der Waals surface area (Å²) in [5.74, 6) is 1.38. The fourth-order valence-corrected chi connectivity index (χ4v) is 1.37. The third kappa shape index (κ3) is 3.88. The Balaban J connectivity index is 0.000000249. The molecule has 1 aromatic heterocycles. The Bertz CT molecular complexity index is 443. The van der Waals surface area contributed by atoms with E-state index in [1.807, 2.05) is 12.1 Å². The minimum Gasteiger partial charge on any atom is -0.443 e. The van der Waals surface area contributed by atoms with Gasteiger partial charge in [0.05, 0.1) is 0 Å². The van der Waals surface area contributed by atoms with E-state index in [2.05, 4.69) is 45.7 Å². The summed E-state index contributed by atoms with van der Waals surface area (Å²) in [5.41, 5.74) is 3.12. The molecule has 0 N–H and O–H groups in total. The van der Waals surface area contributed by atoms with E-state index in [0.29, 0.717) is 5.92 Å². The van der Waals surface area contributed by atoms with Gasteiger partial charge in [0.2, 0.25) is 0 Å². The first-order chi connectivity index (χ1) is 8.06. The van der Waals surface area contributed by atoms with Crippen molar-refractivity contribution in [3.63, 3.8) is 0 Å². The van der Waals surface area contributed by atoms with Gasteiger partial charge in [-0.15, -0.1) is 0 Å². The first kappa shape index (κ1) is 13.8. The molecular weight excluding hydrogens is 210 g/mol. The van der Waals surface area contributed by atoms with E-state index in [9.17, 15) is 0 Å². The molecule has 0 aliphatic rings. The molecule has 1 aromatic carbocycles. The highest BCUT2D eigenvalue weighted by atomic mass is 16.3. The molecule has 0 spiro atoms. The fraction of sp³-hybridized carbons (Fsp3) is 0.533. The lowest BCUT2D eigenvalue weighted by Crippen LogP contribution is -1.87. The van der Waals surface area contributed by atoms with Crippen molar-refractivity contribution in [2.75, 3.05) is 0 Å². The summed E-state index contributed by atoms with van der Waals surface area (Å²) in [6.45, 7) is 11.0. The molecule has 1 heterocycles. The Morgan fingerprint density at radius 2 is 1.82 bits per heavy atom. The monoisotopic (exact) mass is 233 g/mol. The van der Waals surface area contributed by atoms with Gasteiger partial charge >= 0.3 is 0 Å². The van der Waals surface area contributed by atoms with E-state index in [1.165, 1.54) is 18.4 Å². The second-order valence-electron chi connectivity index (χ2n) is 5.00. The first-order valence-corrected chi connectivity index (χ1v) is 6.38. The van der Waals surface area contributed by atoms with Crippen molar-refractivity contribution in [1.29, 1.82) is 0 Å². The molecule has 2 rings (SSSR count). The minimum atomic E-state index is 0.499. The number of benzene rings is 1. The lowest BCUT2D eigenvalue weighted by molar-refractivity contribution is 0.602. The van der Waals surface area contributed by atoms with E-state index in [-0.39, 0.29) is 0 Å². The second kappa shape index (κ2) is 6.43. The smallest absolute Gasteiger partial charge is 0.181 e. The predicted octanol–water partition coefficient (Wildman–Crippen LogP) is 5.00. The molecule has 0 bridgehead atoms. The molecule has 2 heteroatoms. The first-order valence-electron chi connectivity index (χ1n) is 6.38. The summed E-state index contributed by atoms with van der Waals surface area (Å²) in [6, 6.07) is 6.03. The van der Waals surface area contributed by atoms with E-state index in [0.717, 1.165) is 17.0 Å². The van der Waals surface area contributed by atoms with Crippen LogP contribution in [0.4, 0.5) is 0 Å². The average molecular weight is 233 g/mol. The van der Waals surface area contributed by atoms with Crippen molar-refractivity contribution in [1.82, 2.24) is 4.98 Å². The van der Waals surface area contributed by atoms with Crippen molar-refractivity contribution in [3.05, 3.63) is 30.2 Å². The number of aromatic nitrogens is 1. The highest BCUT2D eigenvalue weighted by Gasteiger charge is 2.06. The third-order valence-electron chi connectivity index (χ3n) is 2.83. The molecule has 0 unspecified atom stereocenters. The number of para-hydroxylation sites is 1. The Morgan fingerprint density at radius 1 is 1.18 bits per heavy atom. The number of nitrogens with zero attached hydrogens (tertiary/aromatic N) is 1. The fourth-order valence-electron chi connectivity index (χ4n) is 1.37. The van der Waals surface area contributed by atoms with E-state index < -0.39 is 0 Å².